The summed E-state index contributed by atoms with van der Waals surface area (Å²) in [5.41, 5.74) is -0.967. The molecule has 3 rings (SSSR count). The van der Waals surface area contributed by atoms with Gasteiger partial charge in [0.2, 0.25) is 6.41 Å². The highest BCUT2D eigenvalue weighted by atomic mass is 19.4. The first-order valence-electron chi connectivity index (χ1n) is 11.6. The zero-order valence-electron chi connectivity index (χ0n) is 21.0. The molecule has 0 unspecified atom stereocenters. The summed E-state index contributed by atoms with van der Waals surface area (Å²) < 4.78 is 84.5. The minimum Gasteiger partial charge on any atom is -0.489 e. The summed E-state index contributed by atoms with van der Waals surface area (Å²) in [5, 5.41) is 11.0. The van der Waals surface area contributed by atoms with Crippen LogP contribution in [0.15, 0.2) is 72.4 Å². The summed E-state index contributed by atoms with van der Waals surface area (Å²) in [6, 6.07) is 15.6. The van der Waals surface area contributed by atoms with Crippen molar-refractivity contribution in [3.8, 4) is 5.75 Å². The lowest BCUT2D eigenvalue weighted by Gasteiger charge is -2.22. The maximum absolute atomic E-state index is 13.4. The highest BCUT2D eigenvalue weighted by Gasteiger charge is 2.38. The molecule has 0 bridgehead atoms. The van der Waals surface area contributed by atoms with Gasteiger partial charge >= 0.3 is 12.4 Å². The molecule has 0 saturated heterocycles. The Morgan fingerprint density at radius 2 is 1.67 bits per heavy atom. The molecule has 0 saturated carbocycles. The molecule has 5 nitrogen and oxygen atoms in total. The van der Waals surface area contributed by atoms with Crippen molar-refractivity contribution in [2.45, 2.75) is 32.4 Å². The quantitative estimate of drug-likeness (QED) is 0.133. The molecule has 3 aromatic rings. The van der Waals surface area contributed by atoms with Gasteiger partial charge in [-0.25, -0.2) is 0 Å². The third-order valence-corrected chi connectivity index (χ3v) is 5.75. The Morgan fingerprint density at radius 1 is 0.974 bits per heavy atom. The number of alkyl halides is 6. The number of amides is 1. The van der Waals surface area contributed by atoms with Crippen molar-refractivity contribution in [1.82, 2.24) is 10.2 Å². The average molecular weight is 550 g/mol. The molecule has 39 heavy (non-hydrogen) atoms. The predicted octanol–water partition coefficient (Wildman–Crippen LogP) is 6.81. The number of nitrogens with one attached hydrogen (secondary N) is 2. The molecule has 1 amide bonds. The second-order valence-electron chi connectivity index (χ2n) is 8.69. The summed E-state index contributed by atoms with van der Waals surface area (Å²) in [6.45, 7) is 1.47. The third kappa shape index (κ3) is 7.86. The molecule has 3 aromatic carbocycles. The smallest absolute Gasteiger partial charge is 0.416 e. The van der Waals surface area contributed by atoms with E-state index in [1.54, 1.807) is 37.1 Å². The van der Waals surface area contributed by atoms with E-state index in [2.05, 4.69) is 5.32 Å². The first-order chi connectivity index (χ1) is 18.3. The molecule has 0 aromatic heterocycles. The van der Waals surface area contributed by atoms with Crippen LogP contribution >= 0.6 is 0 Å². The zero-order valence-corrected chi connectivity index (χ0v) is 21.0. The van der Waals surface area contributed by atoms with Crippen molar-refractivity contribution in [3.05, 3.63) is 106 Å². The molecule has 0 fully saturated rings. The van der Waals surface area contributed by atoms with Crippen molar-refractivity contribution in [2.75, 3.05) is 7.05 Å². The van der Waals surface area contributed by atoms with E-state index in [0.29, 0.717) is 30.1 Å². The Labute approximate surface area is 221 Å². The minimum atomic E-state index is -5.00. The molecule has 11 heteroatoms. The zero-order chi connectivity index (χ0) is 28.8. The number of aryl methyl sites for hydroxylation is 1. The van der Waals surface area contributed by atoms with Crippen molar-refractivity contribution < 1.29 is 35.9 Å². The first kappa shape index (κ1) is 29.3. The molecule has 0 atom stereocenters. The van der Waals surface area contributed by atoms with Crippen LogP contribution in [0, 0.1) is 12.3 Å². The number of likely N-dealkylation sites (N-methyl/N-ethyl adjacent to an activating group) is 1. The molecular formula is C28H25F6N3O2. The molecule has 0 spiro atoms. The molecule has 2 N–H and O–H groups in total. The Bertz CT molecular complexity index is 1350. The van der Waals surface area contributed by atoms with Gasteiger partial charge in [0.05, 0.1) is 16.8 Å². The van der Waals surface area contributed by atoms with Crippen LogP contribution in [0.5, 0.6) is 5.75 Å². The molecular weight excluding hydrogens is 524 g/mol. The van der Waals surface area contributed by atoms with Crippen LogP contribution in [0.25, 0.3) is 6.08 Å². The number of nitrogens with zero attached hydrogens (tertiary/aromatic N) is 1. The summed E-state index contributed by atoms with van der Waals surface area (Å²) in [4.78, 5) is 12.8. The van der Waals surface area contributed by atoms with Crippen LogP contribution in [-0.4, -0.2) is 24.2 Å². The van der Waals surface area contributed by atoms with E-state index < -0.39 is 35.6 Å². The topological polar surface area (TPSA) is 65.4 Å². The molecule has 206 valence electrons. The van der Waals surface area contributed by atoms with Crippen LogP contribution in [0.1, 0.15) is 33.4 Å². The number of hydrogen-bond acceptors (Lipinski definition) is 3. The monoisotopic (exact) mass is 549 g/mol. The van der Waals surface area contributed by atoms with Crippen molar-refractivity contribution in [1.29, 1.82) is 5.41 Å². The van der Waals surface area contributed by atoms with Crippen molar-refractivity contribution in [3.63, 3.8) is 0 Å². The number of carbonyl (C=O) groups excluding carboxylic acids is 1. The van der Waals surface area contributed by atoms with Gasteiger partial charge < -0.3 is 15.0 Å². The van der Waals surface area contributed by atoms with Crippen molar-refractivity contribution in [2.24, 2.45) is 0 Å². The Kier molecular flexibility index (Phi) is 9.05. The van der Waals surface area contributed by atoms with Gasteiger partial charge in [-0.1, -0.05) is 42.5 Å². The van der Waals surface area contributed by atoms with E-state index in [9.17, 15) is 31.1 Å². The maximum Gasteiger partial charge on any atom is 0.416 e. The standard InChI is InChI=1S/C28H25F6N3O2/c1-18-12-20(13-24(36-17-38)26(35)37(2)15-19-6-4-3-5-7-19)8-11-25(18)39-16-21-9-10-22(27(29,30)31)14-23(21)28(32,33)34/h3-14,17,35H,15-16H2,1-2H3,(H,36,38)/b24-13-,35-26?. The molecule has 0 radical (unpaired) electrons. The van der Waals surface area contributed by atoms with E-state index >= 15 is 0 Å². The van der Waals surface area contributed by atoms with Gasteiger partial charge in [-0.3, -0.25) is 10.2 Å². The van der Waals surface area contributed by atoms with Crippen LogP contribution in [-0.2, 0) is 30.3 Å². The van der Waals surface area contributed by atoms with E-state index in [1.807, 2.05) is 30.3 Å². The summed E-state index contributed by atoms with van der Waals surface area (Å²) in [7, 11) is 1.70. The predicted molar refractivity (Wildman–Crippen MR) is 135 cm³/mol. The van der Waals surface area contributed by atoms with Crippen molar-refractivity contribution >= 4 is 18.3 Å². The number of amidine groups is 1. The number of hydrogen-bond donors (Lipinski definition) is 2. The normalized spacial score (nSPS) is 12.2. The van der Waals surface area contributed by atoms with Crippen LogP contribution in [0.3, 0.4) is 0 Å². The minimum absolute atomic E-state index is 0.0471. The fraction of sp³-hybridized carbons (Fsp3) is 0.214. The fourth-order valence-electron chi connectivity index (χ4n) is 3.77. The van der Waals surface area contributed by atoms with Crippen LogP contribution in [0.4, 0.5) is 26.3 Å². The highest BCUT2D eigenvalue weighted by molar-refractivity contribution is 6.00. The Morgan fingerprint density at radius 3 is 2.26 bits per heavy atom. The number of ether oxygens (including phenoxy) is 1. The second-order valence-corrected chi connectivity index (χ2v) is 8.69. The molecule has 0 aliphatic rings. The van der Waals surface area contributed by atoms with Gasteiger partial charge in [0, 0.05) is 19.2 Å². The summed E-state index contributed by atoms with van der Waals surface area (Å²) in [6.07, 6.45) is -7.90. The van der Waals surface area contributed by atoms with Gasteiger partial charge in [0.25, 0.3) is 0 Å². The maximum atomic E-state index is 13.4. The van der Waals surface area contributed by atoms with Crippen LogP contribution < -0.4 is 10.1 Å². The second kappa shape index (κ2) is 12.1. The van der Waals surface area contributed by atoms with E-state index in [-0.39, 0.29) is 23.3 Å². The summed E-state index contributed by atoms with van der Waals surface area (Å²) in [5.74, 6) is 0.271. The summed E-state index contributed by atoms with van der Waals surface area (Å²) >= 11 is 0. The molecule has 0 aliphatic carbocycles. The SMILES string of the molecule is Cc1cc(/C=C(\NC=O)C(=N)N(C)Cc2ccccc2)ccc1OCc1ccc(C(F)(F)F)cc1C(F)(F)F. The van der Waals surface area contributed by atoms with Gasteiger partial charge in [0.1, 0.15) is 18.2 Å². The fourth-order valence-corrected chi connectivity index (χ4v) is 3.77. The largest absolute Gasteiger partial charge is 0.489 e. The lowest BCUT2D eigenvalue weighted by Crippen LogP contribution is -2.32. The van der Waals surface area contributed by atoms with Gasteiger partial charge in [0.15, 0.2) is 0 Å². The van der Waals surface area contributed by atoms with Gasteiger partial charge in [-0.15, -0.1) is 0 Å². The first-order valence-corrected chi connectivity index (χ1v) is 11.6. The van der Waals surface area contributed by atoms with Gasteiger partial charge in [-0.05, 0) is 54.0 Å². The highest BCUT2D eigenvalue weighted by Crippen LogP contribution is 2.37. The van der Waals surface area contributed by atoms with Gasteiger partial charge in [-0.2, -0.15) is 26.3 Å². The number of carbonyl (C=O) groups is 1. The number of halogens is 6. The lowest BCUT2D eigenvalue weighted by molar-refractivity contribution is -0.143. The van der Waals surface area contributed by atoms with Crippen LogP contribution in [0.2, 0.25) is 0 Å². The third-order valence-electron chi connectivity index (χ3n) is 5.75. The Balaban J connectivity index is 1.79. The van der Waals surface area contributed by atoms with E-state index in [0.717, 1.165) is 11.6 Å². The Hall–Kier alpha value is -4.28. The lowest BCUT2D eigenvalue weighted by atomic mass is 10.0. The average Bonchev–Trinajstić information content (AvgIpc) is 2.87. The number of benzene rings is 3. The number of rotatable bonds is 9. The van der Waals surface area contributed by atoms with E-state index in [4.69, 9.17) is 10.1 Å². The molecule has 0 aliphatic heterocycles. The van der Waals surface area contributed by atoms with E-state index in [1.165, 1.54) is 6.07 Å². The molecule has 0 heterocycles.